The fourth-order valence-corrected chi connectivity index (χ4v) is 2.20. The number of nitrogens with zero attached hydrogens (tertiary/aromatic N) is 1. The molecule has 1 aliphatic heterocycles. The predicted octanol–water partition coefficient (Wildman–Crippen LogP) is 2.43. The molecule has 3 heteroatoms. The second-order valence-corrected chi connectivity index (χ2v) is 5.52. The van der Waals surface area contributed by atoms with Gasteiger partial charge in [-0.15, -0.1) is 0 Å². The van der Waals surface area contributed by atoms with E-state index in [1.807, 2.05) is 0 Å². The Morgan fingerprint density at radius 2 is 2.06 bits per heavy atom. The van der Waals surface area contributed by atoms with Crippen LogP contribution in [-0.4, -0.2) is 50.3 Å². The molecule has 0 aromatic heterocycles. The van der Waals surface area contributed by atoms with Crippen LogP contribution in [0.3, 0.4) is 0 Å². The van der Waals surface area contributed by atoms with Crippen LogP contribution in [0, 0.1) is 0 Å². The first-order chi connectivity index (χ1) is 8.68. The Morgan fingerprint density at radius 1 is 1.33 bits per heavy atom. The van der Waals surface area contributed by atoms with Gasteiger partial charge in [0.15, 0.2) is 0 Å². The highest BCUT2D eigenvalue weighted by atomic mass is 16.5. The second kappa shape index (κ2) is 9.54. The highest BCUT2D eigenvalue weighted by molar-refractivity contribution is 4.93. The maximum absolute atomic E-state index is 5.35. The van der Waals surface area contributed by atoms with Crippen LogP contribution in [0.4, 0.5) is 0 Å². The minimum atomic E-state index is 0.630. The molecule has 0 aliphatic carbocycles. The van der Waals surface area contributed by atoms with Gasteiger partial charge in [-0.05, 0) is 53.1 Å². The Balaban J connectivity index is 1.94. The lowest BCUT2D eigenvalue weighted by molar-refractivity contribution is 0.0374. The second-order valence-electron chi connectivity index (χ2n) is 5.52. The van der Waals surface area contributed by atoms with E-state index in [0.29, 0.717) is 6.04 Å². The monoisotopic (exact) mass is 254 g/mol. The van der Waals surface area contributed by atoms with Crippen LogP contribution >= 0.6 is 0 Å². The van der Waals surface area contributed by atoms with E-state index in [0.717, 1.165) is 32.8 Å². The van der Waals surface area contributed by atoms with E-state index in [1.165, 1.54) is 31.4 Å². The summed E-state index contributed by atoms with van der Waals surface area (Å²) in [5, 5.41) is 3.61. The van der Waals surface area contributed by atoms with Crippen molar-refractivity contribution in [3.8, 4) is 0 Å². The number of allylic oxidation sites excluding steroid dienone is 2. The molecule has 0 unspecified atom stereocenters. The Morgan fingerprint density at radius 3 is 2.72 bits per heavy atom. The van der Waals surface area contributed by atoms with Crippen molar-refractivity contribution in [2.45, 2.75) is 46.1 Å². The standard InChI is InChI=1S/C15H30N2O/c1-14(2)6-4-7-15(3)16-8-5-9-17-10-12-18-13-11-17/h6,15-16H,4-5,7-13H2,1-3H3/t15-/m0/s1. The number of ether oxygens (including phenoxy) is 1. The molecule has 0 aromatic carbocycles. The Labute approximate surface area is 113 Å². The van der Waals surface area contributed by atoms with Crippen LogP contribution in [0.25, 0.3) is 0 Å². The molecule has 0 saturated carbocycles. The Bertz CT molecular complexity index is 231. The minimum absolute atomic E-state index is 0.630. The smallest absolute Gasteiger partial charge is 0.0594 e. The molecule has 106 valence electrons. The fraction of sp³-hybridized carbons (Fsp3) is 0.867. The molecule has 1 atom stereocenters. The van der Waals surface area contributed by atoms with E-state index < -0.39 is 0 Å². The first-order valence-corrected chi connectivity index (χ1v) is 7.35. The van der Waals surface area contributed by atoms with Crippen LogP contribution < -0.4 is 5.32 Å². The number of nitrogens with one attached hydrogen (secondary N) is 1. The fourth-order valence-electron chi connectivity index (χ4n) is 2.20. The van der Waals surface area contributed by atoms with Crippen molar-refractivity contribution in [1.82, 2.24) is 10.2 Å². The lowest BCUT2D eigenvalue weighted by atomic mass is 10.1. The average molecular weight is 254 g/mol. The van der Waals surface area contributed by atoms with Gasteiger partial charge in [-0.2, -0.15) is 0 Å². The van der Waals surface area contributed by atoms with Gasteiger partial charge in [0, 0.05) is 19.1 Å². The number of hydrogen-bond acceptors (Lipinski definition) is 3. The summed E-state index contributed by atoms with van der Waals surface area (Å²) in [6.45, 7) is 13.0. The highest BCUT2D eigenvalue weighted by Crippen LogP contribution is 2.02. The normalized spacial score (nSPS) is 18.6. The number of rotatable bonds is 8. The van der Waals surface area contributed by atoms with Crippen molar-refractivity contribution in [1.29, 1.82) is 0 Å². The van der Waals surface area contributed by atoms with Crippen molar-refractivity contribution >= 4 is 0 Å². The van der Waals surface area contributed by atoms with Gasteiger partial charge in [0.25, 0.3) is 0 Å². The van der Waals surface area contributed by atoms with Gasteiger partial charge in [-0.1, -0.05) is 11.6 Å². The summed E-state index contributed by atoms with van der Waals surface area (Å²) in [7, 11) is 0. The van der Waals surface area contributed by atoms with Crippen LogP contribution in [0.15, 0.2) is 11.6 Å². The molecule has 0 radical (unpaired) electrons. The van der Waals surface area contributed by atoms with Crippen LogP contribution in [-0.2, 0) is 4.74 Å². The summed E-state index contributed by atoms with van der Waals surface area (Å²) < 4.78 is 5.35. The largest absolute Gasteiger partial charge is 0.379 e. The van der Waals surface area contributed by atoms with E-state index in [4.69, 9.17) is 4.74 Å². The minimum Gasteiger partial charge on any atom is -0.379 e. The first-order valence-electron chi connectivity index (χ1n) is 7.35. The molecule has 1 N–H and O–H groups in total. The van der Waals surface area contributed by atoms with Crippen LogP contribution in [0.2, 0.25) is 0 Å². The lowest BCUT2D eigenvalue weighted by Gasteiger charge is -2.26. The third-order valence-corrected chi connectivity index (χ3v) is 3.40. The van der Waals surface area contributed by atoms with Gasteiger partial charge in [-0.25, -0.2) is 0 Å². The zero-order valence-electron chi connectivity index (χ0n) is 12.4. The van der Waals surface area contributed by atoms with Crippen molar-refractivity contribution in [2.24, 2.45) is 0 Å². The summed E-state index contributed by atoms with van der Waals surface area (Å²) >= 11 is 0. The number of hydrogen-bond donors (Lipinski definition) is 1. The van der Waals surface area contributed by atoms with E-state index in [9.17, 15) is 0 Å². The summed E-state index contributed by atoms with van der Waals surface area (Å²) in [5.74, 6) is 0. The third kappa shape index (κ3) is 7.85. The summed E-state index contributed by atoms with van der Waals surface area (Å²) in [6.07, 6.45) is 6.00. The van der Waals surface area contributed by atoms with Gasteiger partial charge < -0.3 is 10.1 Å². The summed E-state index contributed by atoms with van der Waals surface area (Å²) in [6, 6.07) is 0.630. The topological polar surface area (TPSA) is 24.5 Å². The van der Waals surface area contributed by atoms with Crippen molar-refractivity contribution in [3.05, 3.63) is 11.6 Å². The highest BCUT2D eigenvalue weighted by Gasteiger charge is 2.09. The van der Waals surface area contributed by atoms with Crippen molar-refractivity contribution < 1.29 is 4.74 Å². The van der Waals surface area contributed by atoms with Crippen molar-refractivity contribution in [2.75, 3.05) is 39.4 Å². The maximum Gasteiger partial charge on any atom is 0.0594 e. The molecule has 1 rings (SSSR count). The average Bonchev–Trinajstić information content (AvgIpc) is 2.35. The zero-order valence-corrected chi connectivity index (χ0v) is 12.4. The SMILES string of the molecule is CC(C)=CCC[C@H](C)NCCCN1CCOCC1. The molecule has 3 nitrogen and oxygen atoms in total. The first kappa shape index (κ1) is 15.7. The van der Waals surface area contributed by atoms with Crippen molar-refractivity contribution in [3.63, 3.8) is 0 Å². The maximum atomic E-state index is 5.35. The Kier molecular flexibility index (Phi) is 8.31. The van der Waals surface area contributed by atoms with Gasteiger partial charge in [0.2, 0.25) is 0 Å². The molecule has 18 heavy (non-hydrogen) atoms. The molecular weight excluding hydrogens is 224 g/mol. The van der Waals surface area contributed by atoms with E-state index >= 15 is 0 Å². The lowest BCUT2D eigenvalue weighted by Crippen LogP contribution is -2.38. The van der Waals surface area contributed by atoms with E-state index in [-0.39, 0.29) is 0 Å². The van der Waals surface area contributed by atoms with Crippen LogP contribution in [0.1, 0.15) is 40.0 Å². The molecule has 0 bridgehead atoms. The van der Waals surface area contributed by atoms with Gasteiger partial charge >= 0.3 is 0 Å². The van der Waals surface area contributed by atoms with E-state index in [2.05, 4.69) is 37.1 Å². The molecule has 0 spiro atoms. The van der Waals surface area contributed by atoms with Gasteiger partial charge in [0.1, 0.15) is 0 Å². The van der Waals surface area contributed by atoms with Gasteiger partial charge in [-0.3, -0.25) is 4.90 Å². The van der Waals surface area contributed by atoms with Gasteiger partial charge in [0.05, 0.1) is 13.2 Å². The van der Waals surface area contributed by atoms with Crippen LogP contribution in [0.5, 0.6) is 0 Å². The molecule has 1 aliphatic rings. The van der Waals surface area contributed by atoms with E-state index in [1.54, 1.807) is 0 Å². The molecule has 0 aromatic rings. The third-order valence-electron chi connectivity index (χ3n) is 3.40. The molecule has 1 saturated heterocycles. The Hall–Kier alpha value is -0.380. The number of morpholine rings is 1. The molecule has 0 amide bonds. The summed E-state index contributed by atoms with van der Waals surface area (Å²) in [4.78, 5) is 2.50. The predicted molar refractivity (Wildman–Crippen MR) is 78.0 cm³/mol. The molecule has 1 heterocycles. The zero-order chi connectivity index (χ0) is 13.2. The summed E-state index contributed by atoms with van der Waals surface area (Å²) in [5.41, 5.74) is 1.43. The molecule has 1 fully saturated rings. The quantitative estimate of drug-likeness (QED) is 0.532. The molecular formula is C15H30N2O.